The van der Waals surface area contributed by atoms with Crippen LogP contribution < -0.4 is 0 Å². The number of hydrogen-bond acceptors (Lipinski definition) is 5. The molecular formula is C18H23NO3S. The Morgan fingerprint density at radius 3 is 2.39 bits per heavy atom. The molecule has 124 valence electrons. The third kappa shape index (κ3) is 2.82. The van der Waals surface area contributed by atoms with Gasteiger partial charge in [0.2, 0.25) is 0 Å². The SMILES string of the molecule is CC1(C)c2ccccc2C(C)(C)N1OCC1=CSCCOC1=O. The molecule has 4 nitrogen and oxygen atoms in total. The van der Waals surface area contributed by atoms with Crippen molar-refractivity contribution in [1.29, 1.82) is 0 Å². The molecule has 0 radical (unpaired) electrons. The fraction of sp³-hybridized carbons (Fsp3) is 0.500. The molecule has 1 aromatic rings. The first-order valence-corrected chi connectivity index (χ1v) is 8.91. The van der Waals surface area contributed by atoms with E-state index in [1.165, 1.54) is 11.1 Å². The monoisotopic (exact) mass is 333 g/mol. The molecular weight excluding hydrogens is 310 g/mol. The van der Waals surface area contributed by atoms with Crippen molar-refractivity contribution in [3.8, 4) is 0 Å². The molecule has 0 unspecified atom stereocenters. The number of fused-ring (bicyclic) bond motifs is 1. The Morgan fingerprint density at radius 1 is 1.17 bits per heavy atom. The van der Waals surface area contributed by atoms with Crippen LogP contribution >= 0.6 is 11.8 Å². The van der Waals surface area contributed by atoms with Gasteiger partial charge in [0.1, 0.15) is 13.2 Å². The maximum atomic E-state index is 12.0. The van der Waals surface area contributed by atoms with Crippen molar-refractivity contribution in [2.75, 3.05) is 19.0 Å². The molecule has 2 aliphatic heterocycles. The van der Waals surface area contributed by atoms with Crippen LogP contribution in [0.1, 0.15) is 38.8 Å². The van der Waals surface area contributed by atoms with E-state index in [0.717, 1.165) is 5.75 Å². The maximum absolute atomic E-state index is 12.0. The van der Waals surface area contributed by atoms with Crippen LogP contribution in [-0.2, 0) is 25.4 Å². The number of rotatable bonds is 3. The molecule has 2 heterocycles. The van der Waals surface area contributed by atoms with E-state index in [4.69, 9.17) is 9.57 Å². The second-order valence-corrected chi connectivity index (χ2v) is 7.86. The van der Waals surface area contributed by atoms with Crippen LogP contribution in [0.2, 0.25) is 0 Å². The Balaban J connectivity index is 1.83. The molecule has 2 aliphatic rings. The topological polar surface area (TPSA) is 38.8 Å². The van der Waals surface area contributed by atoms with Crippen LogP contribution in [0.25, 0.3) is 0 Å². The number of ether oxygens (including phenoxy) is 1. The van der Waals surface area contributed by atoms with Crippen molar-refractivity contribution in [2.45, 2.75) is 38.8 Å². The summed E-state index contributed by atoms with van der Waals surface area (Å²) < 4.78 is 5.17. The normalized spacial score (nSPS) is 23.0. The van der Waals surface area contributed by atoms with Gasteiger partial charge in [0, 0.05) is 5.75 Å². The van der Waals surface area contributed by atoms with E-state index in [1.807, 2.05) is 10.5 Å². The largest absolute Gasteiger partial charge is 0.461 e. The Hall–Kier alpha value is -1.30. The minimum absolute atomic E-state index is 0.229. The molecule has 1 aromatic carbocycles. The van der Waals surface area contributed by atoms with Gasteiger partial charge in [-0.1, -0.05) is 24.3 Å². The minimum Gasteiger partial charge on any atom is -0.461 e. The number of esters is 1. The quantitative estimate of drug-likeness (QED) is 0.791. The summed E-state index contributed by atoms with van der Waals surface area (Å²) in [5.41, 5.74) is 2.58. The minimum atomic E-state index is -0.276. The molecule has 5 heteroatoms. The fourth-order valence-corrected chi connectivity index (χ4v) is 4.16. The van der Waals surface area contributed by atoms with Gasteiger partial charge in [-0.25, -0.2) is 4.79 Å². The highest BCUT2D eigenvalue weighted by Crippen LogP contribution is 2.49. The van der Waals surface area contributed by atoms with Gasteiger partial charge in [-0.15, -0.1) is 11.8 Å². The van der Waals surface area contributed by atoms with Crippen molar-refractivity contribution < 1.29 is 14.4 Å². The number of hydroxylamine groups is 2. The molecule has 0 bridgehead atoms. The molecule has 0 saturated carbocycles. The highest BCUT2D eigenvalue weighted by atomic mass is 32.2. The summed E-state index contributed by atoms with van der Waals surface area (Å²) >= 11 is 1.59. The van der Waals surface area contributed by atoms with E-state index in [0.29, 0.717) is 12.2 Å². The summed E-state index contributed by atoms with van der Waals surface area (Å²) in [5, 5.41) is 3.87. The number of nitrogens with zero attached hydrogens (tertiary/aromatic N) is 1. The Kier molecular flexibility index (Phi) is 4.29. The molecule has 0 amide bonds. The number of cyclic esters (lactones) is 1. The Labute approximate surface area is 141 Å². The van der Waals surface area contributed by atoms with Gasteiger partial charge >= 0.3 is 5.97 Å². The van der Waals surface area contributed by atoms with Gasteiger partial charge in [-0.3, -0.25) is 4.84 Å². The number of thioether (sulfide) groups is 1. The average molecular weight is 333 g/mol. The summed E-state index contributed by atoms with van der Waals surface area (Å²) in [7, 11) is 0. The Bertz CT molecular complexity index is 616. The number of carbonyl (C=O) groups excluding carboxylic acids is 1. The van der Waals surface area contributed by atoms with Gasteiger partial charge in [-0.05, 0) is 44.2 Å². The summed E-state index contributed by atoms with van der Waals surface area (Å²) in [6.45, 7) is 9.27. The van der Waals surface area contributed by atoms with Gasteiger partial charge in [0.25, 0.3) is 0 Å². The third-order valence-electron chi connectivity index (χ3n) is 4.53. The lowest BCUT2D eigenvalue weighted by Crippen LogP contribution is -2.45. The summed E-state index contributed by atoms with van der Waals surface area (Å²) in [6, 6.07) is 8.41. The molecule has 0 saturated heterocycles. The predicted molar refractivity (Wildman–Crippen MR) is 91.8 cm³/mol. The molecule has 0 atom stereocenters. The van der Waals surface area contributed by atoms with Crippen molar-refractivity contribution in [1.82, 2.24) is 5.06 Å². The molecule has 0 fully saturated rings. The van der Waals surface area contributed by atoms with Gasteiger partial charge < -0.3 is 4.74 Å². The molecule has 0 aliphatic carbocycles. The van der Waals surface area contributed by atoms with Crippen molar-refractivity contribution >= 4 is 17.7 Å². The van der Waals surface area contributed by atoms with E-state index in [-0.39, 0.29) is 23.7 Å². The van der Waals surface area contributed by atoms with E-state index < -0.39 is 0 Å². The van der Waals surface area contributed by atoms with Crippen molar-refractivity contribution in [2.24, 2.45) is 0 Å². The zero-order valence-electron chi connectivity index (χ0n) is 14.1. The lowest BCUT2D eigenvalue weighted by atomic mass is 9.91. The van der Waals surface area contributed by atoms with Gasteiger partial charge in [0.15, 0.2) is 0 Å². The predicted octanol–water partition coefficient (Wildman–Crippen LogP) is 3.58. The van der Waals surface area contributed by atoms with E-state index in [9.17, 15) is 4.79 Å². The van der Waals surface area contributed by atoms with E-state index >= 15 is 0 Å². The van der Waals surface area contributed by atoms with Gasteiger partial charge in [-0.2, -0.15) is 5.06 Å². The lowest BCUT2D eigenvalue weighted by Gasteiger charge is -2.39. The van der Waals surface area contributed by atoms with Crippen LogP contribution in [0, 0.1) is 0 Å². The highest BCUT2D eigenvalue weighted by molar-refractivity contribution is 8.02. The van der Waals surface area contributed by atoms with E-state index in [2.05, 4.69) is 52.0 Å². The van der Waals surface area contributed by atoms with Crippen molar-refractivity contribution in [3.05, 3.63) is 46.4 Å². The molecule has 0 spiro atoms. The number of carbonyl (C=O) groups is 1. The van der Waals surface area contributed by atoms with Gasteiger partial charge in [0.05, 0.1) is 16.7 Å². The first kappa shape index (κ1) is 16.6. The van der Waals surface area contributed by atoms with Crippen LogP contribution in [0.3, 0.4) is 0 Å². The highest BCUT2D eigenvalue weighted by Gasteiger charge is 2.50. The standard InChI is InChI=1S/C18H23NO3S/c1-17(2)14-7-5-6-8-15(14)18(3,4)19(17)22-11-13-12-23-10-9-21-16(13)20/h5-8,12H,9-11H2,1-4H3. The fourth-order valence-electron chi connectivity index (χ4n) is 3.50. The summed E-state index contributed by atoms with van der Waals surface area (Å²) in [6.07, 6.45) is 0. The average Bonchev–Trinajstić information content (AvgIpc) is 2.65. The second-order valence-electron chi connectivity index (χ2n) is 6.88. The molecule has 0 aromatic heterocycles. The maximum Gasteiger partial charge on any atom is 0.337 e. The first-order valence-electron chi connectivity index (χ1n) is 7.86. The van der Waals surface area contributed by atoms with Crippen LogP contribution in [-0.4, -0.2) is 30.0 Å². The van der Waals surface area contributed by atoms with Crippen LogP contribution in [0.15, 0.2) is 35.2 Å². The summed E-state index contributed by atoms with van der Waals surface area (Å²) in [4.78, 5) is 18.1. The summed E-state index contributed by atoms with van der Waals surface area (Å²) in [5.74, 6) is 0.517. The smallest absolute Gasteiger partial charge is 0.337 e. The van der Waals surface area contributed by atoms with E-state index in [1.54, 1.807) is 11.8 Å². The first-order chi connectivity index (χ1) is 10.8. The number of benzene rings is 1. The van der Waals surface area contributed by atoms with Crippen molar-refractivity contribution in [3.63, 3.8) is 0 Å². The molecule has 0 N–H and O–H groups in total. The van der Waals surface area contributed by atoms with Crippen LogP contribution in [0.5, 0.6) is 0 Å². The van der Waals surface area contributed by atoms with Crippen LogP contribution in [0.4, 0.5) is 0 Å². The second kappa shape index (κ2) is 5.96. The third-order valence-corrected chi connectivity index (χ3v) is 5.39. The molecule has 23 heavy (non-hydrogen) atoms. The zero-order chi connectivity index (χ0) is 16.7. The lowest BCUT2D eigenvalue weighted by molar-refractivity contribution is -0.255. The molecule has 3 rings (SSSR count). The zero-order valence-corrected chi connectivity index (χ0v) is 14.9. The number of hydrogen-bond donors (Lipinski definition) is 0. The Morgan fingerprint density at radius 2 is 1.78 bits per heavy atom.